The predicted molar refractivity (Wildman–Crippen MR) is 108 cm³/mol. The Hall–Kier alpha value is -2.72. The first-order chi connectivity index (χ1) is 13.9. The zero-order valence-corrected chi connectivity index (χ0v) is 16.8. The molecule has 2 atom stereocenters. The van der Waals surface area contributed by atoms with Crippen LogP contribution in [0.4, 0.5) is 11.4 Å². The molecular weight excluding hydrogens is 396 g/mol. The van der Waals surface area contributed by atoms with Gasteiger partial charge < -0.3 is 4.42 Å². The minimum Gasteiger partial charge on any atom is -0.460 e. The molecule has 9 nitrogen and oxygen atoms in total. The number of nitrogens with one attached hydrogen (secondary N) is 1. The van der Waals surface area contributed by atoms with Gasteiger partial charge >= 0.3 is 0 Å². The lowest BCUT2D eigenvalue weighted by Gasteiger charge is -2.15. The summed E-state index contributed by atoms with van der Waals surface area (Å²) in [6.45, 7) is 3.03. The Morgan fingerprint density at radius 2 is 2.00 bits per heavy atom. The number of hydrogen-bond acceptors (Lipinski definition) is 7. The second-order valence-electron chi connectivity index (χ2n) is 7.48. The van der Waals surface area contributed by atoms with E-state index in [-0.39, 0.29) is 16.3 Å². The van der Waals surface area contributed by atoms with Crippen molar-refractivity contribution in [2.75, 3.05) is 18.5 Å². The van der Waals surface area contributed by atoms with Crippen LogP contribution in [0.5, 0.6) is 0 Å². The average Bonchev–Trinajstić information content (AvgIpc) is 3.11. The number of sulfonamides is 1. The molecule has 0 radical (unpaired) electrons. The molecule has 1 aromatic heterocycles. The highest BCUT2D eigenvalue weighted by Gasteiger charge is 2.36. The van der Waals surface area contributed by atoms with E-state index in [1.165, 1.54) is 22.7 Å². The van der Waals surface area contributed by atoms with Crippen molar-refractivity contribution < 1.29 is 17.8 Å². The van der Waals surface area contributed by atoms with Crippen LogP contribution in [0.1, 0.15) is 43.6 Å². The van der Waals surface area contributed by atoms with E-state index >= 15 is 0 Å². The molecule has 1 aliphatic carbocycles. The van der Waals surface area contributed by atoms with E-state index in [0.29, 0.717) is 30.7 Å². The molecule has 1 aromatic carbocycles. The molecule has 2 aromatic rings. The number of hydrogen-bond donors (Lipinski definition) is 1. The maximum Gasteiger partial charge on any atom is 0.295 e. The standard InChI is InChI=1S/C19H22N4O5S/c1-13-10-16(13)19-7-4-14(28-19)12-20-21-17-6-5-15(11-18(17)23(24)25)29(26,27)22-8-2-3-9-22/h4-7,11-13,16,21H,2-3,8-10H2,1H3/b20-12-/t13-,16+/m1/s1. The molecule has 2 heterocycles. The van der Waals surface area contributed by atoms with Gasteiger partial charge in [-0.25, -0.2) is 8.42 Å². The summed E-state index contributed by atoms with van der Waals surface area (Å²) in [6.07, 6.45) is 4.14. The average molecular weight is 418 g/mol. The summed E-state index contributed by atoms with van der Waals surface area (Å²) in [7, 11) is -3.73. The summed E-state index contributed by atoms with van der Waals surface area (Å²) in [4.78, 5) is 10.7. The van der Waals surface area contributed by atoms with Crippen molar-refractivity contribution in [3.63, 3.8) is 0 Å². The summed E-state index contributed by atoms with van der Waals surface area (Å²) >= 11 is 0. The molecule has 0 bridgehead atoms. The molecule has 2 aliphatic rings. The fourth-order valence-corrected chi connectivity index (χ4v) is 5.05. The van der Waals surface area contributed by atoms with E-state index in [4.69, 9.17) is 4.42 Å². The summed E-state index contributed by atoms with van der Waals surface area (Å²) < 4.78 is 32.4. The van der Waals surface area contributed by atoms with Crippen LogP contribution in [0.25, 0.3) is 0 Å². The van der Waals surface area contributed by atoms with Crippen LogP contribution in [-0.4, -0.2) is 37.0 Å². The number of furan rings is 1. The molecule has 29 heavy (non-hydrogen) atoms. The Kier molecular flexibility index (Phi) is 5.13. The van der Waals surface area contributed by atoms with Crippen LogP contribution in [-0.2, 0) is 10.0 Å². The van der Waals surface area contributed by atoms with E-state index in [1.54, 1.807) is 6.07 Å². The van der Waals surface area contributed by atoms with Crippen molar-refractivity contribution in [3.05, 3.63) is 52.0 Å². The number of benzene rings is 1. The normalized spacial score (nSPS) is 22.2. The maximum atomic E-state index is 12.6. The predicted octanol–water partition coefficient (Wildman–Crippen LogP) is 3.54. The van der Waals surface area contributed by atoms with E-state index in [1.807, 2.05) is 6.07 Å². The summed E-state index contributed by atoms with van der Waals surface area (Å²) in [5, 5.41) is 15.5. The third-order valence-corrected chi connectivity index (χ3v) is 7.26. The van der Waals surface area contributed by atoms with Gasteiger partial charge in [-0.2, -0.15) is 9.41 Å². The Labute approximate surface area is 168 Å². The molecule has 2 fully saturated rings. The van der Waals surface area contributed by atoms with Crippen molar-refractivity contribution in [1.29, 1.82) is 0 Å². The van der Waals surface area contributed by atoms with Gasteiger partial charge in [0.1, 0.15) is 17.2 Å². The van der Waals surface area contributed by atoms with Crippen LogP contribution in [0, 0.1) is 16.0 Å². The zero-order chi connectivity index (χ0) is 20.6. The molecule has 154 valence electrons. The smallest absolute Gasteiger partial charge is 0.295 e. The molecule has 1 N–H and O–H groups in total. The van der Waals surface area contributed by atoms with Gasteiger partial charge in [0, 0.05) is 25.1 Å². The van der Waals surface area contributed by atoms with E-state index in [2.05, 4.69) is 17.5 Å². The Balaban J connectivity index is 1.51. The molecule has 1 aliphatic heterocycles. The topological polar surface area (TPSA) is 118 Å². The number of nitro benzene ring substituents is 1. The highest BCUT2D eigenvalue weighted by atomic mass is 32.2. The van der Waals surface area contributed by atoms with Crippen LogP contribution < -0.4 is 5.43 Å². The highest BCUT2D eigenvalue weighted by molar-refractivity contribution is 7.89. The number of hydrazone groups is 1. The van der Waals surface area contributed by atoms with Gasteiger partial charge in [0.25, 0.3) is 5.69 Å². The van der Waals surface area contributed by atoms with Crippen molar-refractivity contribution >= 4 is 27.6 Å². The fraction of sp³-hybridized carbons (Fsp3) is 0.421. The molecule has 0 spiro atoms. The van der Waals surface area contributed by atoms with Gasteiger partial charge in [0.2, 0.25) is 10.0 Å². The number of nitro groups is 1. The van der Waals surface area contributed by atoms with Crippen LogP contribution >= 0.6 is 0 Å². The summed E-state index contributed by atoms with van der Waals surface area (Å²) in [5.41, 5.74) is 2.37. The van der Waals surface area contributed by atoms with E-state index < -0.39 is 14.9 Å². The van der Waals surface area contributed by atoms with Crippen molar-refractivity contribution in [1.82, 2.24) is 4.31 Å². The minimum atomic E-state index is -3.73. The molecule has 10 heteroatoms. The van der Waals surface area contributed by atoms with Gasteiger partial charge in [-0.05, 0) is 49.4 Å². The van der Waals surface area contributed by atoms with Crippen LogP contribution in [0.3, 0.4) is 0 Å². The number of nitrogens with zero attached hydrogens (tertiary/aromatic N) is 3. The summed E-state index contributed by atoms with van der Waals surface area (Å²) in [5.74, 6) is 2.54. The molecule has 1 saturated heterocycles. The lowest BCUT2D eigenvalue weighted by atomic mass is 10.3. The maximum absolute atomic E-state index is 12.6. The molecule has 4 rings (SSSR count). The van der Waals surface area contributed by atoms with Gasteiger partial charge in [-0.3, -0.25) is 15.5 Å². The van der Waals surface area contributed by atoms with Crippen molar-refractivity contribution in [2.45, 2.75) is 37.0 Å². The SMILES string of the molecule is C[C@@H]1C[C@@H]1c1ccc(/C=N\Nc2ccc(S(=O)(=O)N3CCCC3)cc2[N+](=O)[O-])o1. The lowest BCUT2D eigenvalue weighted by Crippen LogP contribution is -2.27. The molecule has 1 saturated carbocycles. The van der Waals surface area contributed by atoms with Crippen molar-refractivity contribution in [3.8, 4) is 0 Å². The van der Waals surface area contributed by atoms with Crippen LogP contribution in [0.2, 0.25) is 0 Å². The molecular formula is C19H22N4O5S. The van der Waals surface area contributed by atoms with E-state index in [9.17, 15) is 18.5 Å². The van der Waals surface area contributed by atoms with Gasteiger partial charge in [0.15, 0.2) is 0 Å². The van der Waals surface area contributed by atoms with Crippen molar-refractivity contribution in [2.24, 2.45) is 11.0 Å². The Morgan fingerprint density at radius 3 is 2.66 bits per heavy atom. The van der Waals surface area contributed by atoms with E-state index in [0.717, 1.165) is 31.1 Å². The van der Waals surface area contributed by atoms with Gasteiger partial charge in [-0.15, -0.1) is 0 Å². The first-order valence-electron chi connectivity index (χ1n) is 9.53. The molecule has 0 amide bonds. The molecule has 0 unspecified atom stereocenters. The number of rotatable bonds is 7. The van der Waals surface area contributed by atoms with Crippen LogP contribution in [0.15, 0.2) is 44.7 Å². The number of anilines is 1. The third-order valence-electron chi connectivity index (χ3n) is 5.37. The minimum absolute atomic E-state index is 0.0881. The van der Waals surface area contributed by atoms with Gasteiger partial charge in [-0.1, -0.05) is 6.92 Å². The summed E-state index contributed by atoms with van der Waals surface area (Å²) in [6, 6.07) is 7.50. The quantitative estimate of drug-likeness (QED) is 0.417. The third kappa shape index (κ3) is 4.03. The Bertz CT molecular complexity index is 1060. The lowest BCUT2D eigenvalue weighted by molar-refractivity contribution is -0.384. The Morgan fingerprint density at radius 1 is 1.28 bits per heavy atom. The monoisotopic (exact) mass is 418 g/mol. The first-order valence-corrected chi connectivity index (χ1v) is 11.0. The largest absolute Gasteiger partial charge is 0.460 e. The first kappa shape index (κ1) is 19.6. The highest BCUT2D eigenvalue weighted by Crippen LogP contribution is 2.47. The fourth-order valence-electron chi connectivity index (χ4n) is 3.52. The zero-order valence-electron chi connectivity index (χ0n) is 15.9. The van der Waals surface area contributed by atoms with Gasteiger partial charge in [0.05, 0.1) is 16.0 Å². The second-order valence-corrected chi connectivity index (χ2v) is 9.41. The second kappa shape index (κ2) is 7.60.